The van der Waals surface area contributed by atoms with Crippen LogP contribution in [0.15, 0.2) is 27.8 Å². The summed E-state index contributed by atoms with van der Waals surface area (Å²) in [6, 6.07) is 7.14. The number of phenols is 1. The molecule has 8 heteroatoms. The van der Waals surface area contributed by atoms with E-state index in [0.717, 1.165) is 11.3 Å². The smallest absolute Gasteiger partial charge is 0.164 e. The number of ether oxygens (including phenoxy) is 2. The maximum absolute atomic E-state index is 9.86. The average molecular weight is 419 g/mol. The molecule has 136 valence electrons. The molecule has 0 fully saturated rings. The van der Waals surface area contributed by atoms with Crippen molar-refractivity contribution in [1.29, 1.82) is 5.26 Å². The maximum Gasteiger partial charge on any atom is 0.164 e. The van der Waals surface area contributed by atoms with E-state index in [1.165, 1.54) is 6.07 Å². The molecule has 0 spiro atoms. The molecule has 26 heavy (non-hydrogen) atoms. The van der Waals surface area contributed by atoms with Gasteiger partial charge >= 0.3 is 0 Å². The van der Waals surface area contributed by atoms with Crippen LogP contribution in [0.4, 0.5) is 5.82 Å². The molecule has 0 bridgehead atoms. The molecule has 0 saturated heterocycles. The molecule has 1 heterocycles. The summed E-state index contributed by atoms with van der Waals surface area (Å²) in [5.41, 5.74) is 5.37. The first-order valence-electron chi connectivity index (χ1n) is 7.84. The fraction of sp³-hybridized carbons (Fsp3) is 0.278. The summed E-state index contributed by atoms with van der Waals surface area (Å²) in [6.07, 6.45) is 1.55. The van der Waals surface area contributed by atoms with E-state index in [-0.39, 0.29) is 5.75 Å². The van der Waals surface area contributed by atoms with Crippen LogP contribution in [0.5, 0.6) is 11.5 Å². The van der Waals surface area contributed by atoms with Crippen molar-refractivity contribution in [2.24, 2.45) is 5.10 Å². The number of aromatic hydroxyl groups is 1. The zero-order valence-electron chi connectivity index (χ0n) is 14.7. The van der Waals surface area contributed by atoms with Crippen molar-refractivity contribution in [3.05, 3.63) is 45.1 Å². The van der Waals surface area contributed by atoms with Gasteiger partial charge in [0, 0.05) is 28.4 Å². The lowest BCUT2D eigenvalue weighted by Crippen LogP contribution is -2.03. The molecule has 1 aromatic heterocycles. The van der Waals surface area contributed by atoms with E-state index in [1.54, 1.807) is 19.4 Å². The molecule has 0 aliphatic heterocycles. The first-order chi connectivity index (χ1) is 12.5. The standard InChI is InChI=1S/C18H19BrN4O3/c1-4-26-17-6-12(15(19)7-16(17)24)9-21-23-18-14(8-20)13(10-25-3)5-11(2)22-18/h5-7,9,24H,4,10H2,1-3H3,(H,22,23). The van der Waals surface area contributed by atoms with Crippen LogP contribution in [0.1, 0.15) is 29.3 Å². The number of rotatable bonds is 7. The third kappa shape index (κ3) is 4.71. The average Bonchev–Trinajstić information content (AvgIpc) is 2.59. The number of phenolic OH excluding ortho intramolecular Hbond substituents is 1. The highest BCUT2D eigenvalue weighted by Gasteiger charge is 2.11. The quantitative estimate of drug-likeness (QED) is 0.524. The van der Waals surface area contributed by atoms with Gasteiger partial charge in [-0.25, -0.2) is 4.98 Å². The number of hydrogen-bond donors (Lipinski definition) is 2. The summed E-state index contributed by atoms with van der Waals surface area (Å²) < 4.78 is 11.2. The molecular weight excluding hydrogens is 400 g/mol. The molecular formula is C18H19BrN4O3. The second-order valence-electron chi connectivity index (χ2n) is 5.34. The molecule has 0 atom stereocenters. The third-order valence-corrected chi connectivity index (χ3v) is 4.08. The Labute approximate surface area is 160 Å². The van der Waals surface area contributed by atoms with E-state index in [1.807, 2.05) is 19.9 Å². The minimum Gasteiger partial charge on any atom is -0.504 e. The van der Waals surface area contributed by atoms with Crippen molar-refractivity contribution in [1.82, 2.24) is 4.98 Å². The first kappa shape index (κ1) is 19.7. The van der Waals surface area contributed by atoms with Gasteiger partial charge in [-0.15, -0.1) is 0 Å². The second-order valence-corrected chi connectivity index (χ2v) is 6.19. The van der Waals surface area contributed by atoms with E-state index in [0.29, 0.717) is 40.4 Å². The first-order valence-corrected chi connectivity index (χ1v) is 8.63. The molecule has 2 N–H and O–H groups in total. The summed E-state index contributed by atoms with van der Waals surface area (Å²) >= 11 is 3.37. The number of anilines is 1. The van der Waals surface area contributed by atoms with Crippen molar-refractivity contribution in [2.75, 3.05) is 19.1 Å². The van der Waals surface area contributed by atoms with Gasteiger partial charge in [-0.2, -0.15) is 10.4 Å². The third-order valence-electron chi connectivity index (χ3n) is 3.39. The monoisotopic (exact) mass is 418 g/mol. The highest BCUT2D eigenvalue weighted by atomic mass is 79.9. The Hall–Kier alpha value is -2.63. The number of halogens is 1. The Kier molecular flexibility index (Phi) is 6.95. The van der Waals surface area contributed by atoms with Crippen molar-refractivity contribution < 1.29 is 14.6 Å². The minimum atomic E-state index is 0.0418. The lowest BCUT2D eigenvalue weighted by molar-refractivity contribution is 0.184. The molecule has 0 aliphatic carbocycles. The van der Waals surface area contributed by atoms with E-state index >= 15 is 0 Å². The number of benzene rings is 1. The molecule has 2 rings (SSSR count). The largest absolute Gasteiger partial charge is 0.504 e. The van der Waals surface area contributed by atoms with Crippen LogP contribution in [0.2, 0.25) is 0 Å². The van der Waals surface area contributed by atoms with Gasteiger partial charge in [-0.3, -0.25) is 5.43 Å². The summed E-state index contributed by atoms with van der Waals surface area (Å²) in [5, 5.41) is 23.4. The Bertz CT molecular complexity index is 862. The number of aryl methyl sites for hydroxylation is 1. The Morgan fingerprint density at radius 3 is 2.85 bits per heavy atom. The van der Waals surface area contributed by atoms with Gasteiger partial charge in [-0.1, -0.05) is 0 Å². The number of nitrogens with zero attached hydrogens (tertiary/aromatic N) is 3. The number of hydrazone groups is 1. The number of nitriles is 1. The van der Waals surface area contributed by atoms with Crippen molar-refractivity contribution in [3.8, 4) is 17.6 Å². The van der Waals surface area contributed by atoms with Crippen molar-refractivity contribution >= 4 is 28.0 Å². The van der Waals surface area contributed by atoms with Crippen LogP contribution in [-0.4, -0.2) is 30.0 Å². The zero-order chi connectivity index (χ0) is 19.1. The van der Waals surface area contributed by atoms with Crippen LogP contribution in [-0.2, 0) is 11.3 Å². The molecule has 0 radical (unpaired) electrons. The lowest BCUT2D eigenvalue weighted by Gasteiger charge is -2.10. The predicted octanol–water partition coefficient (Wildman–Crippen LogP) is 3.72. The molecule has 0 saturated carbocycles. The van der Waals surface area contributed by atoms with E-state index in [2.05, 4.69) is 37.5 Å². The van der Waals surface area contributed by atoms with Gasteiger partial charge in [0.1, 0.15) is 11.6 Å². The van der Waals surface area contributed by atoms with E-state index in [9.17, 15) is 10.4 Å². The van der Waals surface area contributed by atoms with Crippen LogP contribution in [0, 0.1) is 18.3 Å². The topological polar surface area (TPSA) is 99.8 Å². The van der Waals surface area contributed by atoms with Crippen molar-refractivity contribution in [3.63, 3.8) is 0 Å². The van der Waals surface area contributed by atoms with E-state index in [4.69, 9.17) is 9.47 Å². The molecule has 1 aromatic carbocycles. The van der Waals surface area contributed by atoms with Crippen LogP contribution >= 0.6 is 15.9 Å². The summed E-state index contributed by atoms with van der Waals surface area (Å²) in [6.45, 7) is 4.41. The van der Waals surface area contributed by atoms with Crippen LogP contribution < -0.4 is 10.2 Å². The SMILES string of the molecule is CCOc1cc(C=NNc2nc(C)cc(COC)c2C#N)c(Br)cc1O. The number of methoxy groups -OCH3 is 1. The fourth-order valence-corrected chi connectivity index (χ4v) is 2.74. The van der Waals surface area contributed by atoms with E-state index < -0.39 is 0 Å². The van der Waals surface area contributed by atoms with Crippen LogP contribution in [0.25, 0.3) is 0 Å². The van der Waals surface area contributed by atoms with Gasteiger partial charge in [0.25, 0.3) is 0 Å². The fourth-order valence-electron chi connectivity index (χ4n) is 2.31. The van der Waals surface area contributed by atoms with Crippen LogP contribution in [0.3, 0.4) is 0 Å². The second kappa shape index (κ2) is 9.17. The minimum absolute atomic E-state index is 0.0418. The summed E-state index contributed by atoms with van der Waals surface area (Å²) in [4.78, 5) is 4.32. The number of aromatic nitrogens is 1. The Morgan fingerprint density at radius 2 is 2.19 bits per heavy atom. The van der Waals surface area contributed by atoms with Gasteiger partial charge < -0.3 is 14.6 Å². The maximum atomic E-state index is 9.86. The van der Waals surface area contributed by atoms with Gasteiger partial charge in [0.15, 0.2) is 17.3 Å². The summed E-state index contributed by atoms with van der Waals surface area (Å²) in [5.74, 6) is 0.766. The molecule has 0 aliphatic rings. The predicted molar refractivity (Wildman–Crippen MR) is 103 cm³/mol. The van der Waals surface area contributed by atoms with Crippen molar-refractivity contribution in [2.45, 2.75) is 20.5 Å². The number of pyridine rings is 1. The lowest BCUT2D eigenvalue weighted by atomic mass is 10.1. The Balaban J connectivity index is 2.29. The molecule has 0 unspecified atom stereocenters. The van der Waals surface area contributed by atoms with Gasteiger partial charge in [0.05, 0.1) is 19.4 Å². The Morgan fingerprint density at radius 1 is 1.42 bits per heavy atom. The van der Waals surface area contributed by atoms with Gasteiger partial charge in [0.2, 0.25) is 0 Å². The zero-order valence-corrected chi connectivity index (χ0v) is 16.3. The highest BCUT2D eigenvalue weighted by molar-refractivity contribution is 9.10. The summed E-state index contributed by atoms with van der Waals surface area (Å²) in [7, 11) is 1.57. The number of hydrogen-bond acceptors (Lipinski definition) is 7. The molecule has 0 amide bonds. The van der Waals surface area contributed by atoms with Gasteiger partial charge in [-0.05, 0) is 48.0 Å². The molecule has 2 aromatic rings. The highest BCUT2D eigenvalue weighted by Crippen LogP contribution is 2.32. The molecule has 7 nitrogen and oxygen atoms in total. The normalized spacial score (nSPS) is 10.7. The number of nitrogens with one attached hydrogen (secondary N) is 1.